The molecule has 6 aromatic carbocycles. The molecule has 0 unspecified atom stereocenters. The summed E-state index contributed by atoms with van der Waals surface area (Å²) < 4.78 is 7.38. The van der Waals surface area contributed by atoms with E-state index in [1.165, 1.54) is 53.2 Å². The van der Waals surface area contributed by atoms with Crippen LogP contribution in [0.4, 0.5) is 5.69 Å². The van der Waals surface area contributed by atoms with Crippen molar-refractivity contribution in [2.45, 2.75) is 6.92 Å². The van der Waals surface area contributed by atoms with Crippen molar-refractivity contribution in [3.8, 4) is 11.4 Å². The van der Waals surface area contributed by atoms with Crippen molar-refractivity contribution in [2.24, 2.45) is 0 Å². The monoisotopic (exact) mass is 553 g/mol. The Morgan fingerprint density at radius 3 is 1.71 bits per heavy atom. The summed E-state index contributed by atoms with van der Waals surface area (Å²) in [5.74, 6) is 0. The highest BCUT2D eigenvalue weighted by molar-refractivity contribution is 7.25. The van der Waals surface area contributed by atoms with Crippen LogP contribution in [0.15, 0.2) is 121 Å². The molecule has 0 bridgehead atoms. The van der Waals surface area contributed by atoms with Gasteiger partial charge in [-0.1, -0.05) is 54.1 Å². The summed E-state index contributed by atoms with van der Waals surface area (Å²) in [5.41, 5.74) is 8.87. The molecule has 0 amide bonds. The number of nitrogens with zero attached hydrogens (tertiary/aromatic N) is 3. The van der Waals surface area contributed by atoms with Gasteiger partial charge < -0.3 is 9.13 Å². The van der Waals surface area contributed by atoms with Crippen LogP contribution in [0.1, 0.15) is 5.56 Å². The summed E-state index contributed by atoms with van der Waals surface area (Å²) in [7, 11) is 0. The highest BCUT2D eigenvalue weighted by Gasteiger charge is 2.17. The third kappa shape index (κ3) is 3.20. The summed E-state index contributed by atoms with van der Waals surface area (Å²) in [5, 5.41) is 7.35. The van der Waals surface area contributed by atoms with Crippen LogP contribution in [0.2, 0.25) is 0 Å². The molecule has 9 rings (SSSR count). The summed E-state index contributed by atoms with van der Waals surface area (Å²) in [6.07, 6.45) is 0. The number of hydrogen-bond donors (Lipinski definition) is 0. The van der Waals surface area contributed by atoms with E-state index in [0.717, 1.165) is 27.5 Å². The van der Waals surface area contributed by atoms with Crippen LogP contribution in [0.5, 0.6) is 0 Å². The molecule has 3 nitrogen and oxygen atoms in total. The van der Waals surface area contributed by atoms with Gasteiger partial charge in [0.2, 0.25) is 0 Å². The third-order valence-electron chi connectivity index (χ3n) is 8.57. The molecule has 0 radical (unpaired) electrons. The first kappa shape index (κ1) is 23.3. The van der Waals surface area contributed by atoms with Crippen LogP contribution >= 0.6 is 11.3 Å². The quantitative estimate of drug-likeness (QED) is 0.189. The van der Waals surface area contributed by atoms with Gasteiger partial charge in [0.1, 0.15) is 0 Å². The normalized spacial score (nSPS) is 11.9. The first-order valence-electron chi connectivity index (χ1n) is 14.1. The molecule has 0 spiro atoms. The Morgan fingerprint density at radius 2 is 1.02 bits per heavy atom. The van der Waals surface area contributed by atoms with E-state index in [1.54, 1.807) is 0 Å². The molecule has 0 atom stereocenters. The molecule has 3 heterocycles. The van der Waals surface area contributed by atoms with Crippen LogP contribution < -0.4 is 0 Å². The first-order valence-corrected chi connectivity index (χ1v) is 14.9. The maximum atomic E-state index is 7.54. The molecule has 0 aliphatic rings. The lowest BCUT2D eigenvalue weighted by molar-refractivity contribution is 1.17. The summed E-state index contributed by atoms with van der Waals surface area (Å²) in [6, 6.07) is 43.7. The second-order valence-electron chi connectivity index (χ2n) is 11.0. The largest absolute Gasteiger partial charge is 0.309 e. The first-order chi connectivity index (χ1) is 20.7. The molecule has 3 aromatic heterocycles. The molecule has 0 fully saturated rings. The van der Waals surface area contributed by atoms with Gasteiger partial charge in [-0.2, -0.15) is 0 Å². The standard InChI is InChI=1S/C38H23N3S/c1-23-11-17-37-31(19-23)32-22-26(14-18-38(32)42-37)41-34-10-6-4-8-28(34)30-21-25(13-16-36(30)41)40-33-9-5-3-7-27(33)29-20-24(39-2)12-15-35(29)40/h3-22H,1H3. The molecule has 0 saturated carbocycles. The average molecular weight is 554 g/mol. The SMILES string of the molecule is [C-]#[N+]c1ccc2c(c1)c1ccccc1n2-c1ccc2c(c1)c1ccccc1n2-c1ccc2sc3ccc(C)cc3c2c1. The number of rotatable bonds is 2. The van der Waals surface area contributed by atoms with Gasteiger partial charge in [-0.15, -0.1) is 11.3 Å². The van der Waals surface area contributed by atoms with Gasteiger partial charge in [-0.3, -0.25) is 0 Å². The third-order valence-corrected chi connectivity index (χ3v) is 9.72. The average Bonchev–Trinajstić information content (AvgIpc) is 3.67. The fraction of sp³-hybridized carbons (Fsp3) is 0.0263. The molecule has 0 aliphatic carbocycles. The van der Waals surface area contributed by atoms with Gasteiger partial charge in [-0.25, -0.2) is 4.85 Å². The van der Waals surface area contributed by atoms with E-state index in [1.807, 2.05) is 23.5 Å². The van der Waals surface area contributed by atoms with Gasteiger partial charge in [0.05, 0.1) is 28.6 Å². The van der Waals surface area contributed by atoms with E-state index >= 15 is 0 Å². The Hall–Kier alpha value is -5.37. The van der Waals surface area contributed by atoms with Gasteiger partial charge in [-0.05, 0) is 85.1 Å². The van der Waals surface area contributed by atoms with Crippen molar-refractivity contribution < 1.29 is 0 Å². The number of aryl methyl sites for hydroxylation is 1. The van der Waals surface area contributed by atoms with E-state index in [9.17, 15) is 0 Å². The highest BCUT2D eigenvalue weighted by Crippen LogP contribution is 2.40. The van der Waals surface area contributed by atoms with Crippen LogP contribution in [0, 0.1) is 13.5 Å². The second-order valence-corrected chi connectivity index (χ2v) is 12.1. The summed E-state index contributed by atoms with van der Waals surface area (Å²) in [6.45, 7) is 9.70. The topological polar surface area (TPSA) is 14.2 Å². The van der Waals surface area contributed by atoms with Crippen molar-refractivity contribution >= 4 is 80.8 Å². The molecule has 9 aromatic rings. The van der Waals surface area contributed by atoms with Crippen molar-refractivity contribution in [3.05, 3.63) is 138 Å². The van der Waals surface area contributed by atoms with Gasteiger partial charge in [0, 0.05) is 47.7 Å². The fourth-order valence-electron chi connectivity index (χ4n) is 6.71. The van der Waals surface area contributed by atoms with E-state index < -0.39 is 0 Å². The zero-order valence-electron chi connectivity index (χ0n) is 22.8. The highest BCUT2D eigenvalue weighted by atomic mass is 32.1. The van der Waals surface area contributed by atoms with Gasteiger partial charge in [0.25, 0.3) is 0 Å². The Morgan fingerprint density at radius 1 is 0.500 bits per heavy atom. The number of benzene rings is 6. The minimum atomic E-state index is 0.662. The van der Waals surface area contributed by atoms with Crippen LogP contribution in [-0.4, -0.2) is 9.13 Å². The van der Waals surface area contributed by atoms with Crippen molar-refractivity contribution in [2.75, 3.05) is 0 Å². The maximum Gasteiger partial charge on any atom is 0.188 e. The van der Waals surface area contributed by atoms with Crippen LogP contribution in [0.3, 0.4) is 0 Å². The summed E-state index contributed by atoms with van der Waals surface area (Å²) >= 11 is 1.86. The predicted molar refractivity (Wildman–Crippen MR) is 179 cm³/mol. The van der Waals surface area contributed by atoms with Gasteiger partial charge >= 0.3 is 0 Å². The molecule has 196 valence electrons. The minimum absolute atomic E-state index is 0.662. The van der Waals surface area contributed by atoms with Gasteiger partial charge in [0.15, 0.2) is 5.69 Å². The predicted octanol–water partition coefficient (Wildman–Crippen LogP) is 11.1. The lowest BCUT2D eigenvalue weighted by atomic mass is 10.1. The molecule has 4 heteroatoms. The van der Waals surface area contributed by atoms with E-state index in [-0.39, 0.29) is 0 Å². The fourth-order valence-corrected chi connectivity index (χ4v) is 7.77. The molecular weight excluding hydrogens is 531 g/mol. The van der Waals surface area contributed by atoms with E-state index in [0.29, 0.717) is 5.69 Å². The number of para-hydroxylation sites is 2. The maximum absolute atomic E-state index is 7.54. The molecular formula is C38H23N3S. The molecule has 0 N–H and O–H groups in total. The van der Waals surface area contributed by atoms with Crippen molar-refractivity contribution in [3.63, 3.8) is 0 Å². The number of fused-ring (bicyclic) bond motifs is 9. The van der Waals surface area contributed by atoms with E-state index in [2.05, 4.69) is 130 Å². The Labute approximate surface area is 245 Å². The van der Waals surface area contributed by atoms with E-state index in [4.69, 9.17) is 6.57 Å². The smallest absolute Gasteiger partial charge is 0.188 e. The minimum Gasteiger partial charge on any atom is -0.309 e. The zero-order valence-corrected chi connectivity index (χ0v) is 23.6. The lowest BCUT2D eigenvalue weighted by Crippen LogP contribution is -1.95. The number of hydrogen-bond acceptors (Lipinski definition) is 1. The molecule has 0 saturated heterocycles. The number of thiophene rings is 1. The molecule has 0 aliphatic heterocycles. The second kappa shape index (κ2) is 8.57. The Kier molecular flexibility index (Phi) is 4.76. The summed E-state index contributed by atoms with van der Waals surface area (Å²) in [4.78, 5) is 3.69. The molecule has 42 heavy (non-hydrogen) atoms. The lowest BCUT2D eigenvalue weighted by Gasteiger charge is -2.11. The van der Waals surface area contributed by atoms with Crippen molar-refractivity contribution in [1.82, 2.24) is 9.13 Å². The van der Waals surface area contributed by atoms with Crippen molar-refractivity contribution in [1.29, 1.82) is 0 Å². The van der Waals surface area contributed by atoms with Crippen LogP contribution in [-0.2, 0) is 0 Å². The zero-order chi connectivity index (χ0) is 27.9. The Balaban J connectivity index is 1.32. The number of aromatic nitrogens is 2. The Bertz CT molecular complexity index is 2600. The van der Waals surface area contributed by atoms with Crippen LogP contribution in [0.25, 0.3) is 80.0 Å².